The first-order valence-corrected chi connectivity index (χ1v) is 8.13. The summed E-state index contributed by atoms with van der Waals surface area (Å²) in [4.78, 5) is 14.1. The fourth-order valence-electron chi connectivity index (χ4n) is 2.54. The molecule has 2 aromatic rings. The summed E-state index contributed by atoms with van der Waals surface area (Å²) < 4.78 is 27.1. The van der Waals surface area contributed by atoms with E-state index in [9.17, 15) is 13.6 Å². The predicted octanol–water partition coefficient (Wildman–Crippen LogP) is 3.92. The van der Waals surface area contributed by atoms with Gasteiger partial charge in [-0.05, 0) is 55.6 Å². The highest BCUT2D eigenvalue weighted by atomic mass is 35.5. The minimum absolute atomic E-state index is 0. The van der Waals surface area contributed by atoms with Gasteiger partial charge in [-0.25, -0.2) is 8.78 Å². The van der Waals surface area contributed by atoms with Crippen molar-refractivity contribution in [3.05, 3.63) is 65.7 Å². The highest BCUT2D eigenvalue weighted by Crippen LogP contribution is 2.27. The average molecular weight is 367 g/mol. The van der Waals surface area contributed by atoms with Gasteiger partial charge in [0.25, 0.3) is 0 Å². The molecule has 1 saturated carbocycles. The molecule has 6 heteroatoms. The summed E-state index contributed by atoms with van der Waals surface area (Å²) in [5.41, 5.74) is 0.982. The minimum atomic E-state index is -0.371. The van der Waals surface area contributed by atoms with E-state index in [2.05, 4.69) is 5.32 Å². The number of carbonyl (C=O) groups is 1. The Morgan fingerprint density at radius 2 is 1.76 bits per heavy atom. The fraction of sp³-hybridized carbons (Fsp3) is 0.316. The number of hydrogen-bond acceptors (Lipinski definition) is 2. The first-order chi connectivity index (χ1) is 11.6. The SMILES string of the molecule is Cl.O=C(CNCC1CC1)N(Cc1ccccc1F)c1ccc(F)cc1. The topological polar surface area (TPSA) is 32.3 Å². The molecule has 0 unspecified atom stereocenters. The fourth-order valence-corrected chi connectivity index (χ4v) is 2.54. The molecule has 1 aliphatic rings. The molecule has 3 rings (SSSR count). The van der Waals surface area contributed by atoms with Gasteiger partial charge in [-0.15, -0.1) is 12.4 Å². The van der Waals surface area contributed by atoms with Crippen molar-refractivity contribution in [1.82, 2.24) is 5.32 Å². The maximum atomic E-state index is 13.9. The second kappa shape index (κ2) is 8.92. The van der Waals surface area contributed by atoms with Crippen molar-refractivity contribution in [2.24, 2.45) is 5.92 Å². The van der Waals surface area contributed by atoms with Crippen molar-refractivity contribution in [1.29, 1.82) is 0 Å². The maximum Gasteiger partial charge on any atom is 0.241 e. The molecule has 134 valence electrons. The molecular weight excluding hydrogens is 346 g/mol. The number of amides is 1. The zero-order chi connectivity index (χ0) is 16.9. The summed E-state index contributed by atoms with van der Waals surface area (Å²) >= 11 is 0. The van der Waals surface area contributed by atoms with Gasteiger partial charge in [-0.3, -0.25) is 4.79 Å². The minimum Gasteiger partial charge on any atom is -0.308 e. The standard InChI is InChI=1S/C19H20F2N2O.ClH/c20-16-7-9-17(10-8-16)23(13-15-3-1-2-4-18(15)21)19(24)12-22-11-14-5-6-14;/h1-4,7-10,14,22H,5-6,11-13H2;1H. The number of nitrogens with one attached hydrogen (secondary N) is 1. The number of rotatable bonds is 7. The number of carbonyl (C=O) groups excluding carboxylic acids is 1. The molecule has 0 aromatic heterocycles. The molecule has 1 aliphatic carbocycles. The predicted molar refractivity (Wildman–Crippen MR) is 96.8 cm³/mol. The van der Waals surface area contributed by atoms with Crippen LogP contribution in [0.15, 0.2) is 48.5 Å². The Hall–Kier alpha value is -1.98. The van der Waals surface area contributed by atoms with Crippen LogP contribution in [0.3, 0.4) is 0 Å². The Kier molecular flexibility index (Phi) is 6.91. The van der Waals surface area contributed by atoms with Gasteiger partial charge >= 0.3 is 0 Å². The molecule has 2 aromatic carbocycles. The number of halogens is 3. The van der Waals surface area contributed by atoms with Gasteiger partial charge in [0, 0.05) is 11.3 Å². The molecule has 0 radical (unpaired) electrons. The van der Waals surface area contributed by atoms with Gasteiger partial charge in [-0.2, -0.15) is 0 Å². The number of anilines is 1. The highest BCUT2D eigenvalue weighted by Gasteiger charge is 2.22. The summed E-state index contributed by atoms with van der Waals surface area (Å²) in [6.45, 7) is 1.12. The Bertz CT molecular complexity index is 705. The quantitative estimate of drug-likeness (QED) is 0.805. The van der Waals surface area contributed by atoms with Crippen LogP contribution in [0.2, 0.25) is 0 Å². The third kappa shape index (κ3) is 5.51. The molecule has 0 atom stereocenters. The largest absolute Gasteiger partial charge is 0.308 e. The molecule has 0 saturated heterocycles. The van der Waals surface area contributed by atoms with Gasteiger partial charge in [0.05, 0.1) is 13.1 Å². The zero-order valence-electron chi connectivity index (χ0n) is 13.8. The van der Waals surface area contributed by atoms with E-state index < -0.39 is 0 Å². The van der Waals surface area contributed by atoms with E-state index in [4.69, 9.17) is 0 Å². The summed E-state index contributed by atoms with van der Waals surface area (Å²) in [7, 11) is 0. The molecule has 0 bridgehead atoms. The van der Waals surface area contributed by atoms with Crippen LogP contribution in [-0.4, -0.2) is 19.0 Å². The second-order valence-corrected chi connectivity index (χ2v) is 6.12. The molecule has 1 fully saturated rings. The lowest BCUT2D eigenvalue weighted by Crippen LogP contribution is -2.38. The first-order valence-electron chi connectivity index (χ1n) is 8.13. The van der Waals surface area contributed by atoms with Crippen LogP contribution in [-0.2, 0) is 11.3 Å². The van der Waals surface area contributed by atoms with Crippen molar-refractivity contribution >= 4 is 24.0 Å². The Labute approximate surface area is 152 Å². The van der Waals surface area contributed by atoms with E-state index in [0.717, 1.165) is 6.54 Å². The summed E-state index contributed by atoms with van der Waals surface area (Å²) in [6.07, 6.45) is 2.41. The number of nitrogens with zero attached hydrogens (tertiary/aromatic N) is 1. The third-order valence-corrected chi connectivity index (χ3v) is 4.13. The third-order valence-electron chi connectivity index (χ3n) is 4.13. The number of hydrogen-bond donors (Lipinski definition) is 1. The van der Waals surface area contributed by atoms with Crippen molar-refractivity contribution in [3.8, 4) is 0 Å². The van der Waals surface area contributed by atoms with E-state index in [1.54, 1.807) is 18.2 Å². The average Bonchev–Trinajstić information content (AvgIpc) is 3.39. The molecule has 25 heavy (non-hydrogen) atoms. The summed E-state index contributed by atoms with van der Waals surface area (Å²) in [5, 5.41) is 3.15. The summed E-state index contributed by atoms with van der Waals surface area (Å²) in [5.74, 6) is -0.221. The zero-order valence-corrected chi connectivity index (χ0v) is 14.6. The normalized spacial score (nSPS) is 13.2. The summed E-state index contributed by atoms with van der Waals surface area (Å²) in [6, 6.07) is 12.0. The smallest absolute Gasteiger partial charge is 0.241 e. The van der Waals surface area contributed by atoms with Gasteiger partial charge in [0.2, 0.25) is 5.91 Å². The lowest BCUT2D eigenvalue weighted by molar-refractivity contribution is -0.117. The Morgan fingerprint density at radius 1 is 1.08 bits per heavy atom. The van der Waals surface area contributed by atoms with Gasteiger partial charge < -0.3 is 10.2 Å². The van der Waals surface area contributed by atoms with Crippen molar-refractivity contribution in [3.63, 3.8) is 0 Å². The molecule has 0 heterocycles. The lowest BCUT2D eigenvalue weighted by atomic mass is 10.1. The van der Waals surface area contributed by atoms with Gasteiger partial charge in [-0.1, -0.05) is 18.2 Å². The van der Waals surface area contributed by atoms with Crippen LogP contribution in [0, 0.1) is 17.6 Å². The molecular formula is C19H21ClF2N2O. The molecule has 1 amide bonds. The van der Waals surface area contributed by atoms with Crippen LogP contribution in [0.1, 0.15) is 18.4 Å². The number of benzene rings is 2. The van der Waals surface area contributed by atoms with Crippen molar-refractivity contribution in [2.45, 2.75) is 19.4 Å². The monoisotopic (exact) mass is 366 g/mol. The Balaban J connectivity index is 0.00000225. The van der Waals surface area contributed by atoms with E-state index in [1.165, 1.54) is 48.1 Å². The highest BCUT2D eigenvalue weighted by molar-refractivity contribution is 5.94. The molecule has 0 aliphatic heterocycles. The van der Waals surface area contributed by atoms with E-state index >= 15 is 0 Å². The van der Waals surface area contributed by atoms with Crippen molar-refractivity contribution < 1.29 is 13.6 Å². The van der Waals surface area contributed by atoms with Gasteiger partial charge in [0.1, 0.15) is 11.6 Å². The molecule has 1 N–H and O–H groups in total. The maximum absolute atomic E-state index is 13.9. The first kappa shape index (κ1) is 19.3. The van der Waals surface area contributed by atoms with Crippen LogP contribution in [0.5, 0.6) is 0 Å². The van der Waals surface area contributed by atoms with Crippen LogP contribution in [0.4, 0.5) is 14.5 Å². The van der Waals surface area contributed by atoms with Crippen LogP contribution < -0.4 is 10.2 Å². The Morgan fingerprint density at radius 3 is 2.40 bits per heavy atom. The second-order valence-electron chi connectivity index (χ2n) is 6.12. The van der Waals surface area contributed by atoms with Crippen LogP contribution >= 0.6 is 12.4 Å². The lowest BCUT2D eigenvalue weighted by Gasteiger charge is -2.23. The van der Waals surface area contributed by atoms with E-state index in [0.29, 0.717) is 17.2 Å². The molecule has 3 nitrogen and oxygen atoms in total. The van der Waals surface area contributed by atoms with E-state index in [-0.39, 0.29) is 43.0 Å². The van der Waals surface area contributed by atoms with Crippen molar-refractivity contribution in [2.75, 3.05) is 18.0 Å². The van der Waals surface area contributed by atoms with Gasteiger partial charge in [0.15, 0.2) is 0 Å². The van der Waals surface area contributed by atoms with Crippen LogP contribution in [0.25, 0.3) is 0 Å². The molecule has 0 spiro atoms. The van der Waals surface area contributed by atoms with E-state index in [1.807, 2.05) is 0 Å².